The molecule has 3 aromatic carbocycles. The number of fused-ring (bicyclic) bond motifs is 1. The molecular formula is C25H20N4O2S. The molecule has 5 rings (SSSR count). The number of nitrogens with one attached hydrogen (secondary N) is 1. The third kappa shape index (κ3) is 3.78. The van der Waals surface area contributed by atoms with Crippen LogP contribution in [0.3, 0.4) is 0 Å². The lowest BCUT2D eigenvalue weighted by atomic mass is 10.1. The van der Waals surface area contributed by atoms with E-state index in [1.807, 2.05) is 83.4 Å². The fourth-order valence-electron chi connectivity index (χ4n) is 3.61. The van der Waals surface area contributed by atoms with E-state index >= 15 is 0 Å². The van der Waals surface area contributed by atoms with Crippen molar-refractivity contribution in [1.82, 2.24) is 19.7 Å². The van der Waals surface area contributed by atoms with Crippen molar-refractivity contribution in [3.8, 4) is 22.8 Å². The standard InChI is InChI=1S/C25H20N4O2S/c1-31-19-13-11-17(12-14-19)24-27-28-25(29(24)18-7-3-2-4-8-18)32-16-23(30)21-15-26-22-10-6-5-9-20(21)22/h2-15,26H,16H2,1H3. The Hall–Kier alpha value is -3.84. The summed E-state index contributed by atoms with van der Waals surface area (Å²) in [6.07, 6.45) is 1.78. The number of benzene rings is 3. The predicted molar refractivity (Wildman–Crippen MR) is 127 cm³/mol. The summed E-state index contributed by atoms with van der Waals surface area (Å²) in [5.74, 6) is 1.79. The summed E-state index contributed by atoms with van der Waals surface area (Å²) in [4.78, 5) is 16.1. The molecule has 0 aliphatic heterocycles. The molecule has 0 saturated carbocycles. The van der Waals surface area contributed by atoms with Crippen LogP contribution in [-0.4, -0.2) is 38.4 Å². The Labute approximate surface area is 189 Å². The second kappa shape index (κ2) is 8.72. The van der Waals surface area contributed by atoms with Crippen LogP contribution in [0.2, 0.25) is 0 Å². The lowest BCUT2D eigenvalue weighted by Crippen LogP contribution is -2.04. The molecule has 32 heavy (non-hydrogen) atoms. The number of thioether (sulfide) groups is 1. The number of para-hydroxylation sites is 2. The number of ether oxygens (including phenoxy) is 1. The quantitative estimate of drug-likeness (QED) is 0.271. The first kappa shape index (κ1) is 20.1. The van der Waals surface area contributed by atoms with Crippen LogP contribution in [0.5, 0.6) is 5.75 Å². The number of methoxy groups -OCH3 is 1. The van der Waals surface area contributed by atoms with Crippen LogP contribution in [0.4, 0.5) is 0 Å². The highest BCUT2D eigenvalue weighted by Gasteiger charge is 2.19. The van der Waals surface area contributed by atoms with Crippen molar-refractivity contribution in [3.63, 3.8) is 0 Å². The molecule has 0 amide bonds. The number of Topliss-reactive ketones (excluding diaryl/α,β-unsaturated/α-hetero) is 1. The molecule has 0 bridgehead atoms. The minimum Gasteiger partial charge on any atom is -0.497 e. The number of hydrogen-bond donors (Lipinski definition) is 1. The highest BCUT2D eigenvalue weighted by molar-refractivity contribution is 7.99. The van der Waals surface area contributed by atoms with E-state index in [4.69, 9.17) is 4.74 Å². The maximum atomic E-state index is 13.0. The van der Waals surface area contributed by atoms with Gasteiger partial charge in [-0.1, -0.05) is 48.2 Å². The molecule has 0 aliphatic rings. The maximum Gasteiger partial charge on any atom is 0.196 e. The van der Waals surface area contributed by atoms with Crippen molar-refractivity contribution in [2.75, 3.05) is 12.9 Å². The van der Waals surface area contributed by atoms with E-state index in [0.29, 0.717) is 16.5 Å². The minimum absolute atomic E-state index is 0.0426. The maximum absolute atomic E-state index is 13.0. The summed E-state index contributed by atoms with van der Waals surface area (Å²) in [5, 5.41) is 10.4. The third-order valence-electron chi connectivity index (χ3n) is 5.22. The van der Waals surface area contributed by atoms with Crippen LogP contribution in [0.25, 0.3) is 28.0 Å². The van der Waals surface area contributed by atoms with Gasteiger partial charge in [0.15, 0.2) is 16.8 Å². The summed E-state index contributed by atoms with van der Waals surface area (Å²) in [6, 6.07) is 25.4. The zero-order valence-corrected chi connectivity index (χ0v) is 18.2. The molecule has 2 aromatic heterocycles. The van der Waals surface area contributed by atoms with Crippen LogP contribution in [0.15, 0.2) is 90.2 Å². The Bertz CT molecular complexity index is 1370. The number of H-pyrrole nitrogens is 1. The van der Waals surface area contributed by atoms with Gasteiger partial charge in [-0.2, -0.15) is 0 Å². The Balaban J connectivity index is 1.47. The zero-order chi connectivity index (χ0) is 21.9. The lowest BCUT2D eigenvalue weighted by molar-refractivity contribution is 0.102. The first-order valence-corrected chi connectivity index (χ1v) is 11.1. The van der Waals surface area contributed by atoms with Crippen LogP contribution >= 0.6 is 11.8 Å². The molecular weight excluding hydrogens is 420 g/mol. The molecule has 1 N–H and O–H groups in total. The van der Waals surface area contributed by atoms with E-state index in [0.717, 1.165) is 27.9 Å². The number of nitrogens with zero attached hydrogens (tertiary/aromatic N) is 3. The van der Waals surface area contributed by atoms with Gasteiger partial charge in [-0.25, -0.2) is 0 Å². The van der Waals surface area contributed by atoms with Gasteiger partial charge < -0.3 is 9.72 Å². The first-order valence-electron chi connectivity index (χ1n) is 10.1. The fourth-order valence-corrected chi connectivity index (χ4v) is 4.45. The molecule has 0 atom stereocenters. The van der Waals surface area contributed by atoms with E-state index in [1.54, 1.807) is 13.3 Å². The highest BCUT2D eigenvalue weighted by atomic mass is 32.2. The molecule has 6 nitrogen and oxygen atoms in total. The average Bonchev–Trinajstić information content (AvgIpc) is 3.48. The summed E-state index contributed by atoms with van der Waals surface area (Å²) in [5.41, 5.74) is 3.49. The van der Waals surface area contributed by atoms with Gasteiger partial charge in [0.25, 0.3) is 0 Å². The summed E-state index contributed by atoms with van der Waals surface area (Å²) in [6.45, 7) is 0. The van der Waals surface area contributed by atoms with Crippen LogP contribution in [-0.2, 0) is 0 Å². The molecule has 0 saturated heterocycles. The van der Waals surface area contributed by atoms with Crippen molar-refractivity contribution < 1.29 is 9.53 Å². The normalized spacial score (nSPS) is 11.0. The smallest absolute Gasteiger partial charge is 0.196 e. The fraction of sp³-hybridized carbons (Fsp3) is 0.0800. The molecule has 7 heteroatoms. The largest absolute Gasteiger partial charge is 0.497 e. The average molecular weight is 441 g/mol. The molecule has 0 unspecified atom stereocenters. The van der Waals surface area contributed by atoms with Crippen LogP contribution in [0.1, 0.15) is 10.4 Å². The minimum atomic E-state index is 0.0426. The van der Waals surface area contributed by atoms with E-state index in [9.17, 15) is 4.79 Å². The van der Waals surface area contributed by atoms with Crippen molar-refractivity contribution in [1.29, 1.82) is 0 Å². The highest BCUT2D eigenvalue weighted by Crippen LogP contribution is 2.30. The second-order valence-electron chi connectivity index (χ2n) is 7.17. The second-order valence-corrected chi connectivity index (χ2v) is 8.11. The summed E-state index contributed by atoms with van der Waals surface area (Å²) in [7, 11) is 1.64. The number of carbonyl (C=O) groups excluding carboxylic acids is 1. The number of hydrogen-bond acceptors (Lipinski definition) is 5. The third-order valence-corrected chi connectivity index (χ3v) is 6.15. The SMILES string of the molecule is COc1ccc(-c2nnc(SCC(=O)c3c[nH]c4ccccc34)n2-c2ccccc2)cc1. The van der Waals surface area contributed by atoms with Gasteiger partial charge in [0, 0.05) is 33.9 Å². The van der Waals surface area contributed by atoms with Crippen molar-refractivity contribution in [2.24, 2.45) is 0 Å². The first-order chi connectivity index (χ1) is 15.7. The van der Waals surface area contributed by atoms with E-state index < -0.39 is 0 Å². The van der Waals surface area contributed by atoms with Gasteiger partial charge in [0.1, 0.15) is 5.75 Å². The number of ketones is 1. The van der Waals surface area contributed by atoms with E-state index in [2.05, 4.69) is 15.2 Å². The Morgan fingerprint density at radius 1 is 0.969 bits per heavy atom. The van der Waals surface area contributed by atoms with Gasteiger partial charge in [-0.05, 0) is 42.5 Å². The van der Waals surface area contributed by atoms with Crippen molar-refractivity contribution in [2.45, 2.75) is 5.16 Å². The lowest BCUT2D eigenvalue weighted by Gasteiger charge is -2.10. The molecule has 158 valence electrons. The number of rotatable bonds is 7. The number of carbonyl (C=O) groups is 1. The molecule has 0 aliphatic carbocycles. The predicted octanol–water partition coefficient (Wildman–Crippen LogP) is 5.40. The number of aromatic amines is 1. The van der Waals surface area contributed by atoms with Gasteiger partial charge in [-0.15, -0.1) is 10.2 Å². The molecule has 2 heterocycles. The van der Waals surface area contributed by atoms with Crippen LogP contribution < -0.4 is 4.74 Å². The van der Waals surface area contributed by atoms with Gasteiger partial charge in [-0.3, -0.25) is 9.36 Å². The topological polar surface area (TPSA) is 72.8 Å². The molecule has 5 aromatic rings. The van der Waals surface area contributed by atoms with E-state index in [-0.39, 0.29) is 11.5 Å². The summed E-state index contributed by atoms with van der Waals surface area (Å²) < 4.78 is 7.25. The summed E-state index contributed by atoms with van der Waals surface area (Å²) >= 11 is 1.38. The van der Waals surface area contributed by atoms with Crippen LogP contribution in [0, 0.1) is 0 Å². The van der Waals surface area contributed by atoms with E-state index in [1.165, 1.54) is 11.8 Å². The zero-order valence-electron chi connectivity index (χ0n) is 17.4. The number of aromatic nitrogens is 4. The Morgan fingerprint density at radius 3 is 2.50 bits per heavy atom. The monoisotopic (exact) mass is 440 g/mol. The van der Waals surface area contributed by atoms with Crippen molar-refractivity contribution in [3.05, 3.63) is 90.6 Å². The van der Waals surface area contributed by atoms with Gasteiger partial charge >= 0.3 is 0 Å². The van der Waals surface area contributed by atoms with Gasteiger partial charge in [0.05, 0.1) is 12.9 Å². The Morgan fingerprint density at radius 2 is 1.72 bits per heavy atom. The van der Waals surface area contributed by atoms with Crippen molar-refractivity contribution >= 4 is 28.4 Å². The Kier molecular flexibility index (Phi) is 5.47. The van der Waals surface area contributed by atoms with Gasteiger partial charge in [0.2, 0.25) is 0 Å². The molecule has 0 spiro atoms. The molecule has 0 radical (unpaired) electrons. The molecule has 0 fully saturated rings.